The Labute approximate surface area is 167 Å². The molecule has 0 saturated carbocycles. The number of ether oxygens (including phenoxy) is 2. The van der Waals surface area contributed by atoms with Crippen LogP contribution in [0.4, 0.5) is 0 Å². The monoisotopic (exact) mass is 388 g/mol. The number of nitrogens with zero attached hydrogens (tertiary/aromatic N) is 4. The van der Waals surface area contributed by atoms with Gasteiger partial charge in [0.1, 0.15) is 12.7 Å². The van der Waals surface area contributed by atoms with Crippen molar-refractivity contribution in [3.8, 4) is 11.5 Å². The number of hydrogen-bond donors (Lipinski definition) is 2. The Bertz CT molecular complexity index is 703. The van der Waals surface area contributed by atoms with Crippen molar-refractivity contribution in [2.45, 2.75) is 39.7 Å². The number of rotatable bonds is 12. The van der Waals surface area contributed by atoms with Crippen molar-refractivity contribution >= 4 is 5.96 Å². The van der Waals surface area contributed by atoms with Crippen LogP contribution in [0.3, 0.4) is 0 Å². The molecule has 8 nitrogen and oxygen atoms in total. The summed E-state index contributed by atoms with van der Waals surface area (Å²) in [6.45, 7) is 7.80. The first-order valence-corrected chi connectivity index (χ1v) is 9.92. The molecule has 28 heavy (non-hydrogen) atoms. The van der Waals surface area contributed by atoms with Crippen LogP contribution in [0, 0.1) is 0 Å². The van der Waals surface area contributed by atoms with Gasteiger partial charge in [-0.3, -0.25) is 4.99 Å². The smallest absolute Gasteiger partial charge is 0.190 e. The molecule has 0 aliphatic carbocycles. The lowest BCUT2D eigenvalue weighted by Gasteiger charge is -2.14. The zero-order valence-corrected chi connectivity index (χ0v) is 17.1. The summed E-state index contributed by atoms with van der Waals surface area (Å²) in [7, 11) is 1.79. The van der Waals surface area contributed by atoms with Crippen LogP contribution in [0.25, 0.3) is 0 Å². The zero-order valence-electron chi connectivity index (χ0n) is 17.1. The molecule has 0 radical (unpaired) electrons. The molecule has 1 aromatic carbocycles. The molecule has 0 amide bonds. The van der Waals surface area contributed by atoms with Gasteiger partial charge in [0, 0.05) is 26.7 Å². The Morgan fingerprint density at radius 1 is 1.00 bits per heavy atom. The van der Waals surface area contributed by atoms with E-state index in [2.05, 4.69) is 38.0 Å². The van der Waals surface area contributed by atoms with Crippen molar-refractivity contribution in [1.29, 1.82) is 0 Å². The van der Waals surface area contributed by atoms with E-state index < -0.39 is 0 Å². The minimum absolute atomic E-state index is 0.621. The van der Waals surface area contributed by atoms with Gasteiger partial charge >= 0.3 is 0 Å². The third-order valence-corrected chi connectivity index (χ3v) is 4.14. The summed E-state index contributed by atoms with van der Waals surface area (Å²) in [5.41, 5.74) is 1.20. The van der Waals surface area contributed by atoms with Gasteiger partial charge in [-0.2, -0.15) is 0 Å². The van der Waals surface area contributed by atoms with Crippen LogP contribution in [0.15, 0.2) is 35.8 Å². The second-order valence-electron chi connectivity index (χ2n) is 6.23. The van der Waals surface area contributed by atoms with Crippen LogP contribution in [-0.2, 0) is 13.0 Å². The number of aryl methyl sites for hydroxylation is 1. The second kappa shape index (κ2) is 12.6. The maximum Gasteiger partial charge on any atom is 0.190 e. The fraction of sp³-hybridized carbons (Fsp3) is 0.550. The molecule has 2 rings (SSSR count). The van der Waals surface area contributed by atoms with Gasteiger partial charge in [0.05, 0.1) is 13.2 Å². The highest BCUT2D eigenvalue weighted by atomic mass is 16.5. The Balaban J connectivity index is 1.69. The maximum absolute atomic E-state index is 5.69. The predicted octanol–water partition coefficient (Wildman–Crippen LogP) is 2.26. The Kier molecular flexibility index (Phi) is 9.68. The molecule has 0 fully saturated rings. The first-order chi connectivity index (χ1) is 13.8. The summed E-state index contributed by atoms with van der Waals surface area (Å²) in [5.74, 6) is 2.42. The molecule has 0 spiro atoms. The van der Waals surface area contributed by atoms with E-state index in [-0.39, 0.29) is 0 Å². The van der Waals surface area contributed by atoms with Crippen LogP contribution in [0.5, 0.6) is 11.5 Å². The molecule has 8 heteroatoms. The van der Waals surface area contributed by atoms with Gasteiger partial charge in [-0.15, -0.1) is 10.2 Å². The summed E-state index contributed by atoms with van der Waals surface area (Å²) in [6.07, 6.45) is 6.47. The lowest BCUT2D eigenvalue weighted by Crippen LogP contribution is -2.38. The second-order valence-corrected chi connectivity index (χ2v) is 6.23. The molecule has 2 aromatic rings. The predicted molar refractivity (Wildman–Crippen MR) is 111 cm³/mol. The van der Waals surface area contributed by atoms with Gasteiger partial charge in [0.2, 0.25) is 0 Å². The van der Waals surface area contributed by atoms with Crippen LogP contribution >= 0.6 is 0 Å². The topological polar surface area (TPSA) is 85.6 Å². The maximum atomic E-state index is 5.69. The van der Waals surface area contributed by atoms with Gasteiger partial charge in [-0.25, -0.2) is 0 Å². The number of aliphatic imine (C=N–C) groups is 1. The first kappa shape index (κ1) is 21.5. The lowest BCUT2D eigenvalue weighted by molar-refractivity contribution is 0.287. The molecular formula is C20H32N6O2. The van der Waals surface area contributed by atoms with E-state index >= 15 is 0 Å². The first-order valence-electron chi connectivity index (χ1n) is 9.92. The highest BCUT2D eigenvalue weighted by Crippen LogP contribution is 2.28. The number of aromatic nitrogens is 3. The number of benzene rings is 1. The van der Waals surface area contributed by atoms with Gasteiger partial charge in [0.15, 0.2) is 17.5 Å². The molecule has 0 unspecified atom stereocenters. The molecule has 0 aliphatic rings. The largest absolute Gasteiger partial charge is 0.490 e. The Hall–Kier alpha value is -2.77. The van der Waals surface area contributed by atoms with Crippen molar-refractivity contribution in [2.24, 2.45) is 4.99 Å². The summed E-state index contributed by atoms with van der Waals surface area (Å²) < 4.78 is 13.3. The van der Waals surface area contributed by atoms with E-state index in [0.29, 0.717) is 13.2 Å². The number of guanidine groups is 1. The minimum atomic E-state index is 0.621. The van der Waals surface area contributed by atoms with Crippen molar-refractivity contribution < 1.29 is 9.47 Å². The molecule has 2 N–H and O–H groups in total. The fourth-order valence-electron chi connectivity index (χ4n) is 2.76. The third kappa shape index (κ3) is 7.46. The summed E-state index contributed by atoms with van der Waals surface area (Å²) in [6, 6.07) is 6.11. The van der Waals surface area contributed by atoms with Crippen molar-refractivity contribution in [1.82, 2.24) is 25.4 Å². The van der Waals surface area contributed by atoms with Crippen LogP contribution in [0.1, 0.15) is 32.3 Å². The summed E-state index contributed by atoms with van der Waals surface area (Å²) in [4.78, 5) is 4.28. The fourth-order valence-corrected chi connectivity index (χ4v) is 2.76. The van der Waals surface area contributed by atoms with Crippen molar-refractivity contribution in [2.75, 3.05) is 33.4 Å². The van der Waals surface area contributed by atoms with Gasteiger partial charge in [0.25, 0.3) is 0 Å². The average Bonchev–Trinajstić information content (AvgIpc) is 3.22. The van der Waals surface area contributed by atoms with E-state index in [0.717, 1.165) is 56.4 Å². The van der Waals surface area contributed by atoms with E-state index in [9.17, 15) is 0 Å². The van der Waals surface area contributed by atoms with Gasteiger partial charge < -0.3 is 24.7 Å². The summed E-state index contributed by atoms with van der Waals surface area (Å²) >= 11 is 0. The highest BCUT2D eigenvalue weighted by Gasteiger charge is 2.06. The van der Waals surface area contributed by atoms with Gasteiger partial charge in [-0.05, 0) is 50.8 Å². The molecule has 0 bridgehead atoms. The van der Waals surface area contributed by atoms with Gasteiger partial charge in [-0.1, -0.05) is 6.07 Å². The van der Waals surface area contributed by atoms with Crippen molar-refractivity contribution in [3.63, 3.8) is 0 Å². The molecule has 0 aliphatic heterocycles. The minimum Gasteiger partial charge on any atom is -0.490 e. The SMILES string of the molecule is CCOc1ccc(CCNC(=NC)NCCCCn2cnnc2)cc1OCC. The van der Waals surface area contributed by atoms with E-state index in [4.69, 9.17) is 9.47 Å². The summed E-state index contributed by atoms with van der Waals surface area (Å²) in [5, 5.41) is 14.3. The van der Waals surface area contributed by atoms with E-state index in [1.54, 1.807) is 19.7 Å². The Morgan fingerprint density at radius 2 is 1.71 bits per heavy atom. The Morgan fingerprint density at radius 3 is 2.43 bits per heavy atom. The molecule has 154 valence electrons. The molecule has 1 heterocycles. The normalized spacial score (nSPS) is 11.3. The number of nitrogens with one attached hydrogen (secondary N) is 2. The molecule has 0 atom stereocenters. The quantitative estimate of drug-likeness (QED) is 0.330. The highest BCUT2D eigenvalue weighted by molar-refractivity contribution is 5.79. The number of unbranched alkanes of at least 4 members (excludes halogenated alkanes) is 1. The third-order valence-electron chi connectivity index (χ3n) is 4.14. The van der Waals surface area contributed by atoms with E-state index in [1.807, 2.05) is 24.5 Å². The van der Waals surface area contributed by atoms with Crippen molar-refractivity contribution in [3.05, 3.63) is 36.4 Å². The molecule has 1 aromatic heterocycles. The van der Waals surface area contributed by atoms with Crippen LogP contribution < -0.4 is 20.1 Å². The van der Waals surface area contributed by atoms with Crippen LogP contribution in [-0.4, -0.2) is 54.1 Å². The average molecular weight is 389 g/mol. The lowest BCUT2D eigenvalue weighted by atomic mass is 10.1. The number of hydrogen-bond acceptors (Lipinski definition) is 5. The van der Waals surface area contributed by atoms with Crippen LogP contribution in [0.2, 0.25) is 0 Å². The van der Waals surface area contributed by atoms with E-state index in [1.165, 1.54) is 5.56 Å². The zero-order chi connectivity index (χ0) is 20.0. The molecular weight excluding hydrogens is 356 g/mol. The standard InChI is InChI=1S/C20H32N6O2/c1-4-27-18-9-8-17(14-19(18)28-5-2)10-12-23-20(21-3)22-11-6-7-13-26-15-24-25-16-26/h8-9,14-16H,4-7,10-13H2,1-3H3,(H2,21,22,23). The molecule has 0 saturated heterocycles.